The molecule has 0 aliphatic heterocycles. The quantitative estimate of drug-likeness (QED) is 0.0456. The van der Waals surface area contributed by atoms with Gasteiger partial charge in [0.25, 0.3) is 0 Å². The van der Waals surface area contributed by atoms with Gasteiger partial charge in [-0.15, -0.1) is 0 Å². The van der Waals surface area contributed by atoms with Crippen molar-refractivity contribution >= 4 is 11.9 Å². The molecule has 0 N–H and O–H groups in total. The molecule has 0 radical (unpaired) electrons. The normalized spacial score (nSPS) is 12.0. The lowest BCUT2D eigenvalue weighted by Gasteiger charge is -2.18. The van der Waals surface area contributed by atoms with Crippen molar-refractivity contribution < 1.29 is 23.8 Å². The van der Waals surface area contributed by atoms with Gasteiger partial charge in [0.1, 0.15) is 6.61 Å². The molecule has 0 heterocycles. The first-order chi connectivity index (χ1) is 26.6. The summed E-state index contributed by atoms with van der Waals surface area (Å²) in [6.45, 7) is 7.85. The SMILES string of the molecule is CCCCCCCCCCCCCCCCCCCC(=O)OCC(COCCCCCCCC)OC(=O)CCCCCCCCCCCCCCCCC. The van der Waals surface area contributed by atoms with Gasteiger partial charge in [0.15, 0.2) is 6.10 Å². The van der Waals surface area contributed by atoms with E-state index in [0.29, 0.717) is 26.1 Å². The predicted molar refractivity (Wildman–Crippen MR) is 233 cm³/mol. The summed E-state index contributed by atoms with van der Waals surface area (Å²) in [5.41, 5.74) is 0. The summed E-state index contributed by atoms with van der Waals surface area (Å²) in [5.74, 6) is -0.377. The predicted octanol–water partition coefficient (Wildman–Crippen LogP) is 16.1. The maximum Gasteiger partial charge on any atom is 0.306 e. The standard InChI is InChI=1S/C49H96O5/c1-4-7-10-13-16-18-20-22-24-25-27-28-30-32-34-36-39-42-48(50)53-46-47(45-52-44-41-38-15-12-9-6-3)54-49(51)43-40-37-35-33-31-29-26-23-21-19-17-14-11-8-5-2/h47H,4-46H2,1-3H3. The summed E-state index contributed by atoms with van der Waals surface area (Å²) < 4.78 is 17.3. The van der Waals surface area contributed by atoms with Gasteiger partial charge >= 0.3 is 11.9 Å². The number of unbranched alkanes of at least 4 members (excludes halogenated alkanes) is 35. The van der Waals surface area contributed by atoms with Gasteiger partial charge in [0.05, 0.1) is 6.61 Å². The third-order valence-corrected chi connectivity index (χ3v) is 11.1. The second-order valence-corrected chi connectivity index (χ2v) is 16.7. The van der Waals surface area contributed by atoms with Gasteiger partial charge in [-0.1, -0.05) is 245 Å². The van der Waals surface area contributed by atoms with Gasteiger partial charge in [-0.25, -0.2) is 0 Å². The molecule has 322 valence electrons. The Kier molecular flexibility index (Phi) is 45.3. The lowest BCUT2D eigenvalue weighted by Crippen LogP contribution is -2.30. The zero-order valence-electron chi connectivity index (χ0n) is 37.0. The fourth-order valence-corrected chi connectivity index (χ4v) is 7.45. The largest absolute Gasteiger partial charge is 0.462 e. The molecule has 1 unspecified atom stereocenters. The molecule has 0 fully saturated rings. The number of hydrogen-bond acceptors (Lipinski definition) is 5. The van der Waals surface area contributed by atoms with E-state index in [0.717, 1.165) is 38.5 Å². The van der Waals surface area contributed by atoms with Crippen LogP contribution in [0.2, 0.25) is 0 Å². The molecular formula is C49H96O5. The first-order valence-electron chi connectivity index (χ1n) is 24.6. The molecule has 0 aromatic carbocycles. The third kappa shape index (κ3) is 43.6. The summed E-state index contributed by atoms with van der Waals surface area (Å²) in [6, 6.07) is 0. The van der Waals surface area contributed by atoms with Crippen molar-refractivity contribution in [2.75, 3.05) is 19.8 Å². The zero-order chi connectivity index (χ0) is 39.3. The summed E-state index contributed by atoms with van der Waals surface area (Å²) in [4.78, 5) is 25.2. The van der Waals surface area contributed by atoms with E-state index in [1.54, 1.807) is 0 Å². The number of rotatable bonds is 46. The molecule has 0 aromatic heterocycles. The van der Waals surface area contributed by atoms with Crippen molar-refractivity contribution in [3.05, 3.63) is 0 Å². The van der Waals surface area contributed by atoms with Crippen LogP contribution in [0, 0.1) is 0 Å². The van der Waals surface area contributed by atoms with Gasteiger partial charge in [0, 0.05) is 19.4 Å². The van der Waals surface area contributed by atoms with Crippen LogP contribution in [0.1, 0.15) is 278 Å². The third-order valence-electron chi connectivity index (χ3n) is 11.1. The van der Waals surface area contributed by atoms with Gasteiger partial charge < -0.3 is 14.2 Å². The highest BCUT2D eigenvalue weighted by Gasteiger charge is 2.17. The van der Waals surface area contributed by atoms with Gasteiger partial charge in [0.2, 0.25) is 0 Å². The summed E-state index contributed by atoms with van der Waals surface area (Å²) in [6.07, 6.45) is 49.7. The highest BCUT2D eigenvalue weighted by atomic mass is 16.6. The monoisotopic (exact) mass is 765 g/mol. The van der Waals surface area contributed by atoms with Gasteiger partial charge in [-0.2, -0.15) is 0 Å². The maximum absolute atomic E-state index is 12.7. The molecule has 0 aliphatic rings. The Morgan fingerprint density at radius 2 is 0.611 bits per heavy atom. The Hall–Kier alpha value is -1.10. The number of ether oxygens (including phenoxy) is 3. The van der Waals surface area contributed by atoms with Crippen molar-refractivity contribution in [3.8, 4) is 0 Å². The fourth-order valence-electron chi connectivity index (χ4n) is 7.45. The molecular weight excluding hydrogens is 669 g/mol. The lowest BCUT2D eigenvalue weighted by molar-refractivity contribution is -0.163. The molecule has 54 heavy (non-hydrogen) atoms. The van der Waals surface area contributed by atoms with E-state index in [4.69, 9.17) is 14.2 Å². The molecule has 0 spiro atoms. The molecule has 0 bridgehead atoms. The van der Waals surface area contributed by atoms with Gasteiger partial charge in [-0.3, -0.25) is 9.59 Å². The molecule has 1 atom stereocenters. The Balaban J connectivity index is 4.02. The van der Waals surface area contributed by atoms with E-state index in [1.165, 1.54) is 205 Å². The molecule has 5 heteroatoms. The Morgan fingerprint density at radius 1 is 0.333 bits per heavy atom. The van der Waals surface area contributed by atoms with Crippen LogP contribution >= 0.6 is 0 Å². The van der Waals surface area contributed by atoms with Crippen LogP contribution in [-0.4, -0.2) is 37.9 Å². The second kappa shape index (κ2) is 46.3. The van der Waals surface area contributed by atoms with E-state index in [2.05, 4.69) is 20.8 Å². The highest BCUT2D eigenvalue weighted by Crippen LogP contribution is 2.16. The Morgan fingerprint density at radius 3 is 0.944 bits per heavy atom. The zero-order valence-corrected chi connectivity index (χ0v) is 37.0. The molecule has 0 rings (SSSR count). The van der Waals surface area contributed by atoms with E-state index in [-0.39, 0.29) is 18.5 Å². The van der Waals surface area contributed by atoms with E-state index in [9.17, 15) is 9.59 Å². The Bertz CT molecular complexity index is 740. The molecule has 0 saturated carbocycles. The second-order valence-electron chi connectivity index (χ2n) is 16.7. The van der Waals surface area contributed by atoms with Crippen molar-refractivity contribution in [2.45, 2.75) is 284 Å². The minimum absolute atomic E-state index is 0.0961. The van der Waals surface area contributed by atoms with Crippen molar-refractivity contribution in [1.82, 2.24) is 0 Å². The van der Waals surface area contributed by atoms with E-state index < -0.39 is 6.10 Å². The minimum atomic E-state index is -0.520. The molecule has 0 aromatic rings. The summed E-state index contributed by atoms with van der Waals surface area (Å²) in [7, 11) is 0. The first kappa shape index (κ1) is 52.9. The number of esters is 2. The fraction of sp³-hybridized carbons (Fsp3) is 0.959. The van der Waals surface area contributed by atoms with Crippen molar-refractivity contribution in [1.29, 1.82) is 0 Å². The van der Waals surface area contributed by atoms with Crippen LogP contribution < -0.4 is 0 Å². The van der Waals surface area contributed by atoms with Crippen LogP contribution in [0.5, 0.6) is 0 Å². The van der Waals surface area contributed by atoms with Crippen molar-refractivity contribution in [3.63, 3.8) is 0 Å². The smallest absolute Gasteiger partial charge is 0.306 e. The maximum atomic E-state index is 12.7. The highest BCUT2D eigenvalue weighted by molar-refractivity contribution is 5.70. The topological polar surface area (TPSA) is 61.8 Å². The number of carbonyl (C=O) groups excluding carboxylic acids is 2. The van der Waals surface area contributed by atoms with Gasteiger partial charge in [-0.05, 0) is 19.3 Å². The summed E-state index contributed by atoms with van der Waals surface area (Å²) in [5, 5.41) is 0. The molecule has 0 aliphatic carbocycles. The van der Waals surface area contributed by atoms with Crippen LogP contribution in [-0.2, 0) is 23.8 Å². The van der Waals surface area contributed by atoms with Crippen molar-refractivity contribution in [2.24, 2.45) is 0 Å². The van der Waals surface area contributed by atoms with Crippen LogP contribution in [0.3, 0.4) is 0 Å². The van der Waals surface area contributed by atoms with E-state index in [1.807, 2.05) is 0 Å². The number of carbonyl (C=O) groups is 2. The van der Waals surface area contributed by atoms with Crippen LogP contribution in [0.4, 0.5) is 0 Å². The first-order valence-corrected chi connectivity index (χ1v) is 24.6. The molecule has 5 nitrogen and oxygen atoms in total. The van der Waals surface area contributed by atoms with Crippen LogP contribution in [0.25, 0.3) is 0 Å². The number of hydrogen-bond donors (Lipinski definition) is 0. The molecule has 0 amide bonds. The minimum Gasteiger partial charge on any atom is -0.462 e. The Labute approximate surface area is 338 Å². The molecule has 0 saturated heterocycles. The van der Waals surface area contributed by atoms with Crippen LogP contribution in [0.15, 0.2) is 0 Å². The summed E-state index contributed by atoms with van der Waals surface area (Å²) >= 11 is 0. The van der Waals surface area contributed by atoms with E-state index >= 15 is 0 Å². The lowest BCUT2D eigenvalue weighted by atomic mass is 10.0. The average molecular weight is 765 g/mol. The average Bonchev–Trinajstić information content (AvgIpc) is 3.17.